The highest BCUT2D eigenvalue weighted by Gasteiger charge is 2.27. The molecule has 5 heteroatoms. The molecule has 1 fully saturated rings. The number of aryl methyl sites for hydroxylation is 1. The van der Waals surface area contributed by atoms with Crippen LogP contribution in [0.5, 0.6) is 0 Å². The van der Waals surface area contributed by atoms with Gasteiger partial charge in [0.1, 0.15) is 17.5 Å². The van der Waals surface area contributed by atoms with Crippen LogP contribution in [0.2, 0.25) is 0 Å². The minimum Gasteiger partial charge on any atom is -0.384 e. The first-order chi connectivity index (χ1) is 7.57. The van der Waals surface area contributed by atoms with Gasteiger partial charge in [-0.3, -0.25) is 0 Å². The van der Waals surface area contributed by atoms with E-state index >= 15 is 0 Å². The lowest BCUT2D eigenvalue weighted by Crippen LogP contribution is -2.43. The minimum atomic E-state index is -0.0501. The van der Waals surface area contributed by atoms with Crippen molar-refractivity contribution in [1.29, 1.82) is 0 Å². The van der Waals surface area contributed by atoms with Crippen LogP contribution in [0.25, 0.3) is 0 Å². The Hall–Kier alpha value is -1.36. The van der Waals surface area contributed by atoms with E-state index in [0.29, 0.717) is 18.2 Å². The van der Waals surface area contributed by atoms with Crippen LogP contribution in [-0.4, -0.2) is 28.7 Å². The first-order valence-electron chi connectivity index (χ1n) is 5.54. The number of anilines is 2. The number of nitrogens with zero attached hydrogens (tertiary/aromatic N) is 2. The van der Waals surface area contributed by atoms with Crippen molar-refractivity contribution in [2.24, 2.45) is 0 Å². The summed E-state index contributed by atoms with van der Waals surface area (Å²) in [5.74, 6) is 1.95. The van der Waals surface area contributed by atoms with E-state index in [-0.39, 0.29) is 5.54 Å². The van der Waals surface area contributed by atoms with E-state index in [0.717, 1.165) is 25.3 Å². The van der Waals surface area contributed by atoms with Crippen molar-refractivity contribution in [3.05, 3.63) is 11.9 Å². The molecule has 1 aliphatic rings. The van der Waals surface area contributed by atoms with Gasteiger partial charge in [0.2, 0.25) is 0 Å². The van der Waals surface area contributed by atoms with Gasteiger partial charge in [-0.05, 0) is 26.7 Å². The van der Waals surface area contributed by atoms with E-state index in [4.69, 9.17) is 10.5 Å². The van der Waals surface area contributed by atoms with Gasteiger partial charge in [-0.2, -0.15) is 0 Å². The number of hydrogen-bond acceptors (Lipinski definition) is 5. The molecule has 2 rings (SSSR count). The molecule has 0 spiro atoms. The molecule has 0 aliphatic carbocycles. The lowest BCUT2D eigenvalue weighted by Gasteiger charge is -2.34. The van der Waals surface area contributed by atoms with Crippen LogP contribution in [0.1, 0.15) is 25.6 Å². The van der Waals surface area contributed by atoms with Crippen LogP contribution in [-0.2, 0) is 4.74 Å². The number of ether oxygens (including phenoxy) is 1. The fourth-order valence-electron chi connectivity index (χ4n) is 2.00. The summed E-state index contributed by atoms with van der Waals surface area (Å²) < 4.78 is 5.48. The zero-order chi connectivity index (χ0) is 11.6. The van der Waals surface area contributed by atoms with Crippen molar-refractivity contribution in [1.82, 2.24) is 9.97 Å². The van der Waals surface area contributed by atoms with Crippen molar-refractivity contribution >= 4 is 11.6 Å². The van der Waals surface area contributed by atoms with Gasteiger partial charge in [0.15, 0.2) is 0 Å². The molecule has 1 aromatic heterocycles. The van der Waals surface area contributed by atoms with Crippen LogP contribution in [0.4, 0.5) is 11.6 Å². The zero-order valence-electron chi connectivity index (χ0n) is 9.79. The van der Waals surface area contributed by atoms with Gasteiger partial charge >= 0.3 is 0 Å². The lowest BCUT2D eigenvalue weighted by atomic mass is 9.95. The maximum absolute atomic E-state index is 5.69. The second-order valence-electron chi connectivity index (χ2n) is 4.57. The predicted molar refractivity (Wildman–Crippen MR) is 63.3 cm³/mol. The van der Waals surface area contributed by atoms with E-state index in [1.807, 2.05) is 6.92 Å². The summed E-state index contributed by atoms with van der Waals surface area (Å²) in [4.78, 5) is 8.36. The molecule has 1 aliphatic heterocycles. The molecule has 0 amide bonds. The Kier molecular flexibility index (Phi) is 2.96. The fourth-order valence-corrected chi connectivity index (χ4v) is 2.00. The Bertz CT molecular complexity index is 354. The summed E-state index contributed by atoms with van der Waals surface area (Å²) >= 11 is 0. The van der Waals surface area contributed by atoms with E-state index in [1.54, 1.807) is 6.07 Å². The molecule has 0 bridgehead atoms. The normalized spacial score (nSPS) is 25.4. The van der Waals surface area contributed by atoms with Crippen molar-refractivity contribution in [2.45, 2.75) is 32.2 Å². The Morgan fingerprint density at radius 1 is 1.50 bits per heavy atom. The standard InChI is InChI=1S/C11H18N4O/c1-8-13-9(12)6-10(14-8)15-11(2)4-3-5-16-7-11/h6H,3-5,7H2,1-2H3,(H3,12,13,14,15). The number of nitrogen functional groups attached to an aromatic ring is 1. The van der Waals surface area contributed by atoms with Gasteiger partial charge in [-0.25, -0.2) is 9.97 Å². The molecule has 1 atom stereocenters. The average Bonchev–Trinajstić information content (AvgIpc) is 2.15. The van der Waals surface area contributed by atoms with Gasteiger partial charge < -0.3 is 15.8 Å². The molecule has 1 saturated heterocycles. The van der Waals surface area contributed by atoms with Gasteiger partial charge in [0.25, 0.3) is 0 Å². The number of rotatable bonds is 2. The van der Waals surface area contributed by atoms with Crippen LogP contribution < -0.4 is 11.1 Å². The SMILES string of the molecule is Cc1nc(N)cc(NC2(C)CCCOC2)n1. The summed E-state index contributed by atoms with van der Waals surface area (Å²) in [5.41, 5.74) is 5.64. The monoisotopic (exact) mass is 222 g/mol. The van der Waals surface area contributed by atoms with Gasteiger partial charge in [-0.1, -0.05) is 0 Å². The van der Waals surface area contributed by atoms with E-state index in [1.165, 1.54) is 0 Å². The lowest BCUT2D eigenvalue weighted by molar-refractivity contribution is 0.0539. The van der Waals surface area contributed by atoms with E-state index < -0.39 is 0 Å². The van der Waals surface area contributed by atoms with Crippen molar-refractivity contribution < 1.29 is 4.74 Å². The molecule has 0 aromatic carbocycles. The fraction of sp³-hybridized carbons (Fsp3) is 0.636. The largest absolute Gasteiger partial charge is 0.384 e. The van der Waals surface area contributed by atoms with Gasteiger partial charge in [0, 0.05) is 12.7 Å². The zero-order valence-corrected chi connectivity index (χ0v) is 9.79. The highest BCUT2D eigenvalue weighted by molar-refractivity contribution is 5.46. The van der Waals surface area contributed by atoms with E-state index in [9.17, 15) is 0 Å². The summed E-state index contributed by atoms with van der Waals surface area (Å²) in [6, 6.07) is 1.76. The second-order valence-corrected chi connectivity index (χ2v) is 4.57. The molecule has 3 N–H and O–H groups in total. The van der Waals surface area contributed by atoms with Gasteiger partial charge in [0.05, 0.1) is 12.1 Å². The minimum absolute atomic E-state index is 0.0501. The van der Waals surface area contributed by atoms with Crippen LogP contribution in [0, 0.1) is 6.92 Å². The molecule has 1 aromatic rings. The molecule has 0 radical (unpaired) electrons. The van der Waals surface area contributed by atoms with Gasteiger partial charge in [-0.15, -0.1) is 0 Å². The topological polar surface area (TPSA) is 73.1 Å². The molecule has 88 valence electrons. The molecule has 5 nitrogen and oxygen atoms in total. The predicted octanol–water partition coefficient (Wildman–Crippen LogP) is 1.35. The summed E-state index contributed by atoms with van der Waals surface area (Å²) in [5, 5.41) is 3.38. The summed E-state index contributed by atoms with van der Waals surface area (Å²) in [6.45, 7) is 5.53. The average molecular weight is 222 g/mol. The second kappa shape index (κ2) is 4.25. The van der Waals surface area contributed by atoms with Crippen molar-refractivity contribution in [3.8, 4) is 0 Å². The van der Waals surface area contributed by atoms with Crippen LogP contribution in [0.15, 0.2) is 6.07 Å². The molecule has 2 heterocycles. The highest BCUT2D eigenvalue weighted by Crippen LogP contribution is 2.23. The van der Waals surface area contributed by atoms with Crippen molar-refractivity contribution in [3.63, 3.8) is 0 Å². The van der Waals surface area contributed by atoms with Crippen molar-refractivity contribution in [2.75, 3.05) is 24.3 Å². The maximum Gasteiger partial charge on any atom is 0.132 e. The van der Waals surface area contributed by atoms with E-state index in [2.05, 4.69) is 22.2 Å². The molecule has 0 saturated carbocycles. The molecular formula is C11H18N4O. The Balaban J connectivity index is 2.13. The maximum atomic E-state index is 5.69. The Morgan fingerprint density at radius 3 is 2.94 bits per heavy atom. The Morgan fingerprint density at radius 2 is 2.31 bits per heavy atom. The highest BCUT2D eigenvalue weighted by atomic mass is 16.5. The molecule has 16 heavy (non-hydrogen) atoms. The summed E-state index contributed by atoms with van der Waals surface area (Å²) in [7, 11) is 0. The third-order valence-electron chi connectivity index (χ3n) is 2.73. The number of aromatic nitrogens is 2. The molecular weight excluding hydrogens is 204 g/mol. The first-order valence-corrected chi connectivity index (χ1v) is 5.54. The number of hydrogen-bond donors (Lipinski definition) is 2. The smallest absolute Gasteiger partial charge is 0.132 e. The third kappa shape index (κ3) is 2.61. The van der Waals surface area contributed by atoms with Crippen LogP contribution >= 0.6 is 0 Å². The number of nitrogens with two attached hydrogens (primary N) is 1. The Labute approximate surface area is 95.4 Å². The third-order valence-corrected chi connectivity index (χ3v) is 2.73. The first kappa shape index (κ1) is 11.1. The summed E-state index contributed by atoms with van der Waals surface area (Å²) in [6.07, 6.45) is 2.15. The van der Waals surface area contributed by atoms with Crippen LogP contribution in [0.3, 0.4) is 0 Å². The molecule has 1 unspecified atom stereocenters. The quantitative estimate of drug-likeness (QED) is 0.790. The number of nitrogens with one attached hydrogen (secondary N) is 1.